The zero-order chi connectivity index (χ0) is 15.6. The fraction of sp³-hybridized carbons (Fsp3) is 0.200. The van der Waals surface area contributed by atoms with Crippen LogP contribution < -0.4 is 0 Å². The Morgan fingerprint density at radius 1 is 1.09 bits per heavy atom. The zero-order valence-electron chi connectivity index (χ0n) is 12.9. The molecular weight excluding hydrogens is 304 g/mol. The maximum absolute atomic E-state index is 6.07. The third kappa shape index (κ3) is 3.05. The Balaban J connectivity index is 1.52. The molecule has 0 amide bonds. The first-order valence-corrected chi connectivity index (χ1v) is 8.40. The highest BCUT2D eigenvalue weighted by molar-refractivity contribution is 6.31. The molecule has 1 aliphatic heterocycles. The van der Waals surface area contributed by atoms with Gasteiger partial charge in [-0.05, 0) is 29.7 Å². The van der Waals surface area contributed by atoms with Crippen molar-refractivity contribution in [3.05, 3.63) is 77.0 Å². The molecule has 4 rings (SSSR count). The van der Waals surface area contributed by atoms with Gasteiger partial charge in [-0.15, -0.1) is 0 Å². The first kappa shape index (κ1) is 14.6. The fourth-order valence-electron chi connectivity index (χ4n) is 3.31. The zero-order valence-corrected chi connectivity index (χ0v) is 13.7. The lowest BCUT2D eigenvalue weighted by Gasteiger charge is -2.26. The van der Waals surface area contributed by atoms with Gasteiger partial charge in [0, 0.05) is 47.3 Å². The fourth-order valence-corrected chi connectivity index (χ4v) is 3.48. The molecule has 0 spiro atoms. The molecule has 2 heterocycles. The molecule has 0 bridgehead atoms. The summed E-state index contributed by atoms with van der Waals surface area (Å²) in [5, 5.41) is 2.04. The minimum absolute atomic E-state index is 0.776. The van der Waals surface area contributed by atoms with Crippen molar-refractivity contribution in [2.45, 2.75) is 13.0 Å². The Hall–Kier alpha value is -2.03. The van der Waals surface area contributed by atoms with Crippen molar-refractivity contribution in [2.75, 3.05) is 13.1 Å². The van der Waals surface area contributed by atoms with Crippen molar-refractivity contribution < 1.29 is 0 Å². The summed E-state index contributed by atoms with van der Waals surface area (Å²) in [5.41, 5.74) is 5.24. The van der Waals surface area contributed by atoms with Gasteiger partial charge in [0.05, 0.1) is 0 Å². The number of nitrogens with one attached hydrogen (secondary N) is 1. The SMILES string of the molecule is Clc1ccc2c(C3=CCN(Cc4ccccc4)CC3)c[nH]c2c1. The van der Waals surface area contributed by atoms with Crippen molar-refractivity contribution in [3.8, 4) is 0 Å². The van der Waals surface area contributed by atoms with E-state index < -0.39 is 0 Å². The van der Waals surface area contributed by atoms with Crippen molar-refractivity contribution in [1.29, 1.82) is 0 Å². The minimum atomic E-state index is 0.776. The number of aromatic nitrogens is 1. The summed E-state index contributed by atoms with van der Waals surface area (Å²) in [6.45, 7) is 3.12. The van der Waals surface area contributed by atoms with Gasteiger partial charge < -0.3 is 4.98 Å². The molecule has 23 heavy (non-hydrogen) atoms. The molecule has 2 nitrogen and oxygen atoms in total. The molecule has 0 unspecified atom stereocenters. The molecule has 1 aliphatic rings. The van der Waals surface area contributed by atoms with Crippen molar-refractivity contribution in [1.82, 2.24) is 9.88 Å². The largest absolute Gasteiger partial charge is 0.361 e. The average Bonchev–Trinajstić information content (AvgIpc) is 2.99. The molecule has 2 aromatic carbocycles. The molecule has 116 valence electrons. The standard InChI is InChI=1S/C20H19ClN2/c21-17-6-7-18-19(13-22-20(18)12-17)16-8-10-23(11-9-16)14-15-4-2-1-3-5-15/h1-8,12-13,22H,9-11,14H2. The van der Waals surface area contributed by atoms with Crippen LogP contribution in [0.4, 0.5) is 0 Å². The summed E-state index contributed by atoms with van der Waals surface area (Å²) in [6, 6.07) is 16.7. The number of fused-ring (bicyclic) bond motifs is 1. The van der Waals surface area contributed by atoms with Gasteiger partial charge in [-0.1, -0.05) is 54.1 Å². The molecule has 0 aliphatic carbocycles. The van der Waals surface area contributed by atoms with Crippen LogP contribution in [0.3, 0.4) is 0 Å². The van der Waals surface area contributed by atoms with E-state index in [0.29, 0.717) is 0 Å². The predicted molar refractivity (Wildman–Crippen MR) is 97.6 cm³/mol. The lowest BCUT2D eigenvalue weighted by Crippen LogP contribution is -2.27. The number of aromatic amines is 1. The molecule has 0 saturated carbocycles. The van der Waals surface area contributed by atoms with Gasteiger partial charge in [0.15, 0.2) is 0 Å². The number of nitrogens with zero attached hydrogens (tertiary/aromatic N) is 1. The van der Waals surface area contributed by atoms with Gasteiger partial charge in [0.2, 0.25) is 0 Å². The second kappa shape index (κ2) is 6.23. The monoisotopic (exact) mass is 322 g/mol. The first-order valence-electron chi connectivity index (χ1n) is 8.02. The number of benzene rings is 2. The summed E-state index contributed by atoms with van der Waals surface area (Å²) in [6.07, 6.45) is 5.56. The minimum Gasteiger partial charge on any atom is -0.361 e. The van der Waals surface area contributed by atoms with Crippen molar-refractivity contribution in [3.63, 3.8) is 0 Å². The smallest absolute Gasteiger partial charge is 0.0475 e. The summed E-state index contributed by atoms with van der Waals surface area (Å²) in [4.78, 5) is 5.83. The highest BCUT2D eigenvalue weighted by atomic mass is 35.5. The summed E-state index contributed by atoms with van der Waals surface area (Å²) in [5.74, 6) is 0. The Morgan fingerprint density at radius 2 is 1.96 bits per heavy atom. The van der Waals surface area contributed by atoms with Crippen molar-refractivity contribution in [2.24, 2.45) is 0 Å². The van der Waals surface area contributed by atoms with Crippen LogP contribution in [0.15, 0.2) is 60.8 Å². The summed E-state index contributed by atoms with van der Waals surface area (Å²) < 4.78 is 0. The van der Waals surface area contributed by atoms with Crippen LogP contribution in [-0.2, 0) is 6.54 Å². The average molecular weight is 323 g/mol. The van der Waals surface area contributed by atoms with Gasteiger partial charge >= 0.3 is 0 Å². The van der Waals surface area contributed by atoms with Gasteiger partial charge in [-0.3, -0.25) is 4.90 Å². The van der Waals surface area contributed by atoms with Crippen LogP contribution in [-0.4, -0.2) is 23.0 Å². The molecule has 0 radical (unpaired) electrons. The summed E-state index contributed by atoms with van der Waals surface area (Å²) >= 11 is 6.07. The van der Waals surface area contributed by atoms with Gasteiger partial charge in [-0.25, -0.2) is 0 Å². The molecule has 0 fully saturated rings. The second-order valence-electron chi connectivity index (χ2n) is 6.09. The van der Waals surface area contributed by atoms with Crippen LogP contribution in [0.2, 0.25) is 5.02 Å². The van der Waals surface area contributed by atoms with E-state index in [4.69, 9.17) is 11.6 Å². The van der Waals surface area contributed by atoms with E-state index >= 15 is 0 Å². The number of halogens is 1. The van der Waals surface area contributed by atoms with E-state index in [9.17, 15) is 0 Å². The van der Waals surface area contributed by atoms with E-state index in [-0.39, 0.29) is 0 Å². The van der Waals surface area contributed by atoms with E-state index in [1.807, 2.05) is 12.1 Å². The Morgan fingerprint density at radius 3 is 2.74 bits per heavy atom. The molecule has 0 atom stereocenters. The number of rotatable bonds is 3. The maximum atomic E-state index is 6.07. The topological polar surface area (TPSA) is 19.0 Å². The molecule has 1 N–H and O–H groups in total. The van der Waals surface area contributed by atoms with Gasteiger partial charge in [0.1, 0.15) is 0 Å². The van der Waals surface area contributed by atoms with Crippen LogP contribution in [0.25, 0.3) is 16.5 Å². The molecule has 3 heteroatoms. The number of hydrogen-bond acceptors (Lipinski definition) is 1. The Kier molecular flexibility index (Phi) is 3.94. The van der Waals surface area contributed by atoms with E-state index in [2.05, 4.69) is 58.6 Å². The van der Waals surface area contributed by atoms with Gasteiger partial charge in [0.25, 0.3) is 0 Å². The summed E-state index contributed by atoms with van der Waals surface area (Å²) in [7, 11) is 0. The molecule has 0 saturated heterocycles. The van der Waals surface area contributed by atoms with E-state index in [1.54, 1.807) is 0 Å². The van der Waals surface area contributed by atoms with Crippen molar-refractivity contribution >= 4 is 28.1 Å². The normalized spacial score (nSPS) is 15.8. The lowest BCUT2D eigenvalue weighted by atomic mass is 9.98. The molecular formula is C20H19ClN2. The van der Waals surface area contributed by atoms with E-state index in [1.165, 1.54) is 22.1 Å². The third-order valence-corrected chi connectivity index (χ3v) is 4.77. The maximum Gasteiger partial charge on any atom is 0.0475 e. The first-order chi connectivity index (χ1) is 11.3. The highest BCUT2D eigenvalue weighted by Gasteiger charge is 2.15. The Labute approximate surface area is 141 Å². The van der Waals surface area contributed by atoms with Gasteiger partial charge in [-0.2, -0.15) is 0 Å². The van der Waals surface area contributed by atoms with Crippen LogP contribution in [0.5, 0.6) is 0 Å². The lowest BCUT2D eigenvalue weighted by molar-refractivity contribution is 0.294. The third-order valence-electron chi connectivity index (χ3n) is 4.53. The highest BCUT2D eigenvalue weighted by Crippen LogP contribution is 2.30. The van der Waals surface area contributed by atoms with Crippen LogP contribution in [0, 0.1) is 0 Å². The number of H-pyrrole nitrogens is 1. The molecule has 3 aromatic rings. The number of hydrogen-bond donors (Lipinski definition) is 1. The predicted octanol–water partition coefficient (Wildman–Crippen LogP) is 5.11. The van der Waals surface area contributed by atoms with E-state index in [0.717, 1.165) is 36.6 Å². The van der Waals surface area contributed by atoms with Crippen LogP contribution >= 0.6 is 11.6 Å². The Bertz CT molecular complexity index is 848. The molecule has 1 aromatic heterocycles. The van der Waals surface area contributed by atoms with Crippen LogP contribution in [0.1, 0.15) is 17.5 Å². The second-order valence-corrected chi connectivity index (χ2v) is 6.53. The quantitative estimate of drug-likeness (QED) is 0.710.